The molecule has 0 saturated heterocycles. The average Bonchev–Trinajstić information content (AvgIpc) is 2.70. The molecule has 2 rings (SSSR count). The number of rotatable bonds is 8. The first-order chi connectivity index (χ1) is 13.7. The van der Waals surface area contributed by atoms with Gasteiger partial charge in [-0.2, -0.15) is 0 Å². The van der Waals surface area contributed by atoms with Crippen molar-refractivity contribution in [2.45, 2.75) is 37.9 Å². The molecule has 0 aliphatic rings. The summed E-state index contributed by atoms with van der Waals surface area (Å²) in [5.74, 6) is 0.960. The summed E-state index contributed by atoms with van der Waals surface area (Å²) >= 11 is 0. The van der Waals surface area contributed by atoms with Crippen molar-refractivity contribution in [3.8, 4) is 0 Å². The van der Waals surface area contributed by atoms with Crippen LogP contribution in [0.4, 0.5) is 0 Å². The molecule has 158 valence electrons. The third-order valence-corrected chi connectivity index (χ3v) is 7.54. The summed E-state index contributed by atoms with van der Waals surface area (Å²) in [7, 11) is -1.47. The van der Waals surface area contributed by atoms with Crippen LogP contribution in [0.5, 0.6) is 0 Å². The molecular formula is C23H33N3O2S. The molecule has 1 unspecified atom stereocenters. The number of sulfone groups is 1. The molecule has 0 aliphatic carbocycles. The molecule has 2 N–H and O–H groups in total. The molecule has 5 nitrogen and oxygen atoms in total. The minimum absolute atomic E-state index is 0.0727. The van der Waals surface area contributed by atoms with Crippen LogP contribution in [0.2, 0.25) is 0 Å². The normalized spacial score (nSPS) is 13.7. The number of aliphatic imine (C=N–C) groups is 1. The van der Waals surface area contributed by atoms with Crippen LogP contribution < -0.4 is 10.6 Å². The molecule has 1 atom stereocenters. The first-order valence-electron chi connectivity index (χ1n) is 9.98. The van der Waals surface area contributed by atoms with Gasteiger partial charge >= 0.3 is 0 Å². The Balaban J connectivity index is 1.98. The van der Waals surface area contributed by atoms with E-state index in [0.717, 1.165) is 6.42 Å². The minimum Gasteiger partial charge on any atom is -0.356 e. The van der Waals surface area contributed by atoms with Crippen molar-refractivity contribution in [1.29, 1.82) is 0 Å². The summed E-state index contributed by atoms with van der Waals surface area (Å²) in [6.45, 7) is 6.20. The zero-order valence-electron chi connectivity index (χ0n) is 17.9. The largest absolute Gasteiger partial charge is 0.356 e. The average molecular weight is 416 g/mol. The topological polar surface area (TPSA) is 70.6 Å². The van der Waals surface area contributed by atoms with Crippen LogP contribution in [0, 0.1) is 0 Å². The van der Waals surface area contributed by atoms with Gasteiger partial charge in [-0.05, 0) is 38.3 Å². The third kappa shape index (κ3) is 7.20. The second-order valence-electron chi connectivity index (χ2n) is 8.11. The fourth-order valence-electron chi connectivity index (χ4n) is 2.98. The summed E-state index contributed by atoms with van der Waals surface area (Å²) in [6, 6.07) is 20.8. The third-order valence-electron chi connectivity index (χ3n) is 4.93. The van der Waals surface area contributed by atoms with Gasteiger partial charge in [0.15, 0.2) is 15.8 Å². The van der Waals surface area contributed by atoms with E-state index in [9.17, 15) is 8.42 Å². The maximum Gasteiger partial charge on any atom is 0.191 e. The van der Waals surface area contributed by atoms with Gasteiger partial charge < -0.3 is 10.6 Å². The Labute approximate surface area is 175 Å². The van der Waals surface area contributed by atoms with E-state index in [4.69, 9.17) is 0 Å². The van der Waals surface area contributed by atoms with Gasteiger partial charge in [0, 0.05) is 26.1 Å². The van der Waals surface area contributed by atoms with Crippen molar-refractivity contribution in [2.24, 2.45) is 4.99 Å². The highest BCUT2D eigenvalue weighted by Gasteiger charge is 2.28. The molecule has 0 fully saturated rings. The molecule has 0 spiro atoms. The minimum atomic E-state index is -3.16. The van der Waals surface area contributed by atoms with Crippen molar-refractivity contribution in [3.05, 3.63) is 71.8 Å². The Hall–Kier alpha value is -2.34. The molecule has 0 amide bonds. The van der Waals surface area contributed by atoms with E-state index < -0.39 is 14.6 Å². The van der Waals surface area contributed by atoms with Gasteiger partial charge in [0.1, 0.15) is 0 Å². The summed E-state index contributed by atoms with van der Waals surface area (Å²) in [4.78, 5) is 4.24. The number of hydrogen-bond donors (Lipinski definition) is 2. The number of nitrogens with one attached hydrogen (secondary N) is 2. The Bertz CT molecular complexity index is 873. The highest BCUT2D eigenvalue weighted by molar-refractivity contribution is 7.92. The van der Waals surface area contributed by atoms with E-state index >= 15 is 0 Å². The fraction of sp³-hybridized carbons (Fsp3) is 0.435. The SMILES string of the molecule is CN=C(NCCS(=O)(=O)C(C)(C)C)NCC(Cc1ccccc1)c1ccccc1. The van der Waals surface area contributed by atoms with Gasteiger partial charge in [0.25, 0.3) is 0 Å². The highest BCUT2D eigenvalue weighted by atomic mass is 32.2. The molecule has 2 aromatic carbocycles. The van der Waals surface area contributed by atoms with Crippen LogP contribution in [0.1, 0.15) is 37.8 Å². The number of benzene rings is 2. The Morgan fingerprint density at radius 1 is 0.966 bits per heavy atom. The lowest BCUT2D eigenvalue weighted by molar-refractivity contribution is 0.558. The fourth-order valence-corrected chi connectivity index (χ4v) is 3.97. The van der Waals surface area contributed by atoms with Gasteiger partial charge in [0.05, 0.1) is 10.5 Å². The zero-order chi connectivity index (χ0) is 21.3. The van der Waals surface area contributed by atoms with Gasteiger partial charge in [-0.15, -0.1) is 0 Å². The maximum atomic E-state index is 12.3. The van der Waals surface area contributed by atoms with Crippen molar-refractivity contribution in [3.63, 3.8) is 0 Å². The van der Waals surface area contributed by atoms with Gasteiger partial charge in [-0.3, -0.25) is 4.99 Å². The first-order valence-corrected chi connectivity index (χ1v) is 11.6. The predicted octanol–water partition coefficient (Wildman–Crippen LogP) is 3.39. The van der Waals surface area contributed by atoms with E-state index in [1.807, 2.05) is 12.1 Å². The van der Waals surface area contributed by atoms with E-state index in [2.05, 4.69) is 64.2 Å². The summed E-state index contributed by atoms with van der Waals surface area (Å²) in [5.41, 5.74) is 2.54. The number of hydrogen-bond acceptors (Lipinski definition) is 3. The molecule has 0 aliphatic heterocycles. The summed E-state index contributed by atoms with van der Waals surface area (Å²) < 4.78 is 23.8. The van der Waals surface area contributed by atoms with Crippen molar-refractivity contribution >= 4 is 15.8 Å². The molecule has 0 saturated carbocycles. The molecule has 6 heteroatoms. The monoisotopic (exact) mass is 415 g/mol. The van der Waals surface area contributed by atoms with Crippen molar-refractivity contribution in [2.75, 3.05) is 25.9 Å². The van der Waals surface area contributed by atoms with Crippen molar-refractivity contribution in [1.82, 2.24) is 10.6 Å². The van der Waals surface area contributed by atoms with Crippen LogP contribution in [-0.2, 0) is 16.3 Å². The number of nitrogens with zero attached hydrogens (tertiary/aromatic N) is 1. The molecular weight excluding hydrogens is 382 g/mol. The summed E-state index contributed by atoms with van der Waals surface area (Å²) in [5, 5.41) is 6.49. The van der Waals surface area contributed by atoms with E-state index in [1.165, 1.54) is 11.1 Å². The summed E-state index contributed by atoms with van der Waals surface area (Å²) in [6.07, 6.45) is 0.910. The Morgan fingerprint density at radius 2 is 1.55 bits per heavy atom. The van der Waals surface area contributed by atoms with Crippen LogP contribution in [0.25, 0.3) is 0 Å². The maximum absolute atomic E-state index is 12.3. The van der Waals surface area contributed by atoms with Gasteiger partial charge in [-0.25, -0.2) is 8.42 Å². The van der Waals surface area contributed by atoms with Crippen LogP contribution >= 0.6 is 0 Å². The molecule has 0 aromatic heterocycles. The molecule has 29 heavy (non-hydrogen) atoms. The van der Waals surface area contributed by atoms with Crippen LogP contribution in [-0.4, -0.2) is 45.0 Å². The zero-order valence-corrected chi connectivity index (χ0v) is 18.7. The van der Waals surface area contributed by atoms with E-state index in [0.29, 0.717) is 19.0 Å². The van der Waals surface area contributed by atoms with E-state index in [-0.39, 0.29) is 11.7 Å². The molecule has 0 heterocycles. The van der Waals surface area contributed by atoms with E-state index in [1.54, 1.807) is 27.8 Å². The quantitative estimate of drug-likeness (QED) is 0.512. The standard InChI is InChI=1S/C23H33N3O2S/c1-23(2,3)29(27,28)16-15-25-22(24-4)26-18-21(20-13-9-6-10-14-20)17-19-11-7-5-8-12-19/h5-14,21H,15-18H2,1-4H3,(H2,24,25,26). The lowest BCUT2D eigenvalue weighted by Crippen LogP contribution is -2.43. The van der Waals surface area contributed by atoms with Crippen molar-refractivity contribution < 1.29 is 8.42 Å². The first kappa shape index (κ1) is 22.9. The Kier molecular flexibility index (Phi) is 8.26. The van der Waals surface area contributed by atoms with Gasteiger partial charge in [0.2, 0.25) is 0 Å². The van der Waals surface area contributed by atoms with Gasteiger partial charge in [-0.1, -0.05) is 60.7 Å². The lowest BCUT2D eigenvalue weighted by atomic mass is 9.92. The smallest absolute Gasteiger partial charge is 0.191 e. The molecule has 0 radical (unpaired) electrons. The number of guanidine groups is 1. The highest BCUT2D eigenvalue weighted by Crippen LogP contribution is 2.20. The Morgan fingerprint density at radius 3 is 2.10 bits per heavy atom. The second kappa shape index (κ2) is 10.4. The molecule has 2 aromatic rings. The molecule has 0 bridgehead atoms. The predicted molar refractivity (Wildman–Crippen MR) is 122 cm³/mol. The lowest BCUT2D eigenvalue weighted by Gasteiger charge is -2.22. The van der Waals surface area contributed by atoms with Crippen LogP contribution in [0.15, 0.2) is 65.7 Å². The van der Waals surface area contributed by atoms with Crippen LogP contribution in [0.3, 0.4) is 0 Å². The second-order valence-corrected chi connectivity index (χ2v) is 11.0.